The van der Waals surface area contributed by atoms with Crippen LogP contribution in [-0.2, 0) is 21.2 Å². The lowest BCUT2D eigenvalue weighted by molar-refractivity contribution is -0.148. The molecule has 1 aliphatic carbocycles. The fraction of sp³-hybridized carbons (Fsp3) is 0.615. The van der Waals surface area contributed by atoms with Crippen molar-refractivity contribution in [1.82, 2.24) is 4.72 Å². The van der Waals surface area contributed by atoms with Gasteiger partial charge in [-0.15, -0.1) is 11.3 Å². The molecule has 2 rings (SSSR count). The molecule has 0 spiro atoms. The van der Waals surface area contributed by atoms with E-state index in [-0.39, 0.29) is 4.21 Å². The van der Waals surface area contributed by atoms with Crippen molar-refractivity contribution in [3.05, 3.63) is 17.0 Å². The van der Waals surface area contributed by atoms with Crippen LogP contribution in [-0.4, -0.2) is 25.5 Å². The highest BCUT2D eigenvalue weighted by Crippen LogP contribution is 2.39. The Morgan fingerprint density at radius 1 is 1.55 bits per heavy atom. The number of carbonyl (C=O) groups is 1. The van der Waals surface area contributed by atoms with E-state index in [2.05, 4.69) is 4.72 Å². The Morgan fingerprint density at radius 2 is 2.25 bits per heavy atom. The predicted molar refractivity (Wildman–Crippen MR) is 77.4 cm³/mol. The van der Waals surface area contributed by atoms with Gasteiger partial charge in [0.05, 0.1) is 5.41 Å². The van der Waals surface area contributed by atoms with Crippen molar-refractivity contribution in [3.63, 3.8) is 0 Å². The Morgan fingerprint density at radius 3 is 2.80 bits per heavy atom. The van der Waals surface area contributed by atoms with E-state index in [9.17, 15) is 18.3 Å². The van der Waals surface area contributed by atoms with Gasteiger partial charge in [-0.05, 0) is 38.3 Å². The van der Waals surface area contributed by atoms with E-state index in [0.717, 1.165) is 17.7 Å². The predicted octanol–water partition coefficient (Wildman–Crippen LogP) is 2.23. The van der Waals surface area contributed by atoms with Crippen molar-refractivity contribution >= 4 is 27.3 Å². The molecule has 2 atom stereocenters. The normalized spacial score (nSPS) is 26.8. The molecule has 0 amide bonds. The van der Waals surface area contributed by atoms with Gasteiger partial charge in [-0.2, -0.15) is 0 Å². The van der Waals surface area contributed by atoms with Gasteiger partial charge in [0, 0.05) is 10.9 Å². The second-order valence-electron chi connectivity index (χ2n) is 5.36. The number of carboxylic acid groups (broad SMARTS) is 1. The molecule has 0 radical (unpaired) electrons. The molecule has 2 N–H and O–H groups in total. The first-order valence-corrected chi connectivity index (χ1v) is 8.94. The third-order valence-corrected chi connectivity index (χ3v) is 7.19. The largest absolute Gasteiger partial charge is 0.481 e. The topological polar surface area (TPSA) is 83.5 Å². The number of rotatable bonds is 5. The van der Waals surface area contributed by atoms with E-state index >= 15 is 0 Å². The zero-order valence-corrected chi connectivity index (χ0v) is 13.2. The third-order valence-electron chi connectivity index (χ3n) is 3.99. The number of hydrogen-bond donors (Lipinski definition) is 2. The number of aliphatic carboxylic acids is 1. The summed E-state index contributed by atoms with van der Waals surface area (Å²) in [6, 6.07) is 2.83. The summed E-state index contributed by atoms with van der Waals surface area (Å²) in [6.07, 6.45) is 2.57. The molecule has 112 valence electrons. The number of carboxylic acids is 1. The standard InChI is InChI=1S/C13H19NO4S2/c1-3-9-6-7-11(19-9)20(17,18)14-10-5-4-8-13(10,2)12(15)16/h6-7,10,14H,3-5,8H2,1-2H3,(H,15,16). The van der Waals surface area contributed by atoms with Gasteiger partial charge >= 0.3 is 5.97 Å². The molecule has 20 heavy (non-hydrogen) atoms. The van der Waals surface area contributed by atoms with E-state index in [1.807, 2.05) is 6.92 Å². The monoisotopic (exact) mass is 317 g/mol. The lowest BCUT2D eigenvalue weighted by atomic mass is 9.85. The maximum Gasteiger partial charge on any atom is 0.310 e. The van der Waals surface area contributed by atoms with E-state index in [1.54, 1.807) is 19.1 Å². The molecule has 0 bridgehead atoms. The van der Waals surface area contributed by atoms with Crippen molar-refractivity contribution in [2.24, 2.45) is 5.41 Å². The summed E-state index contributed by atoms with van der Waals surface area (Å²) in [5, 5.41) is 9.32. The quantitative estimate of drug-likeness (QED) is 0.872. The molecule has 1 aliphatic rings. The second kappa shape index (κ2) is 5.46. The Kier molecular flexibility index (Phi) is 4.22. The minimum absolute atomic E-state index is 0.258. The SMILES string of the molecule is CCc1ccc(S(=O)(=O)NC2CCCC2(C)C(=O)O)s1. The molecule has 1 aromatic heterocycles. The first kappa shape index (κ1) is 15.5. The third kappa shape index (κ3) is 2.75. The zero-order chi connectivity index (χ0) is 15.0. The Balaban J connectivity index is 2.22. The summed E-state index contributed by atoms with van der Waals surface area (Å²) in [7, 11) is -3.63. The van der Waals surface area contributed by atoms with Crippen LogP contribution in [0, 0.1) is 5.41 Å². The van der Waals surface area contributed by atoms with Gasteiger partial charge < -0.3 is 5.11 Å². The summed E-state index contributed by atoms with van der Waals surface area (Å²) >= 11 is 1.23. The minimum Gasteiger partial charge on any atom is -0.481 e. The minimum atomic E-state index is -3.63. The van der Waals surface area contributed by atoms with Gasteiger partial charge in [-0.25, -0.2) is 13.1 Å². The van der Waals surface area contributed by atoms with Gasteiger partial charge in [-0.1, -0.05) is 13.3 Å². The van der Waals surface area contributed by atoms with Gasteiger partial charge in [0.1, 0.15) is 4.21 Å². The van der Waals surface area contributed by atoms with E-state index in [4.69, 9.17) is 0 Å². The van der Waals surface area contributed by atoms with Crippen molar-refractivity contribution in [1.29, 1.82) is 0 Å². The Bertz CT molecular complexity index is 608. The molecule has 0 aromatic carbocycles. The van der Waals surface area contributed by atoms with E-state index < -0.39 is 27.4 Å². The highest BCUT2D eigenvalue weighted by molar-refractivity contribution is 7.91. The average molecular weight is 317 g/mol. The lowest BCUT2D eigenvalue weighted by Crippen LogP contribution is -2.46. The maximum atomic E-state index is 12.3. The van der Waals surface area contributed by atoms with E-state index in [1.165, 1.54) is 11.3 Å². The van der Waals surface area contributed by atoms with Crippen LogP contribution < -0.4 is 4.72 Å². The van der Waals surface area contributed by atoms with Crippen LogP contribution >= 0.6 is 11.3 Å². The van der Waals surface area contributed by atoms with Crippen molar-refractivity contribution in [3.8, 4) is 0 Å². The number of aryl methyl sites for hydroxylation is 1. The van der Waals surface area contributed by atoms with E-state index in [0.29, 0.717) is 12.8 Å². The van der Waals surface area contributed by atoms with Crippen LogP contribution in [0.25, 0.3) is 0 Å². The van der Waals surface area contributed by atoms with Gasteiger partial charge in [0.2, 0.25) is 10.0 Å². The Labute approximate surface area is 123 Å². The zero-order valence-electron chi connectivity index (χ0n) is 11.5. The molecule has 0 saturated heterocycles. The van der Waals surface area contributed by atoms with Crippen LogP contribution in [0.5, 0.6) is 0 Å². The molecular weight excluding hydrogens is 298 g/mol. The molecule has 2 unspecified atom stereocenters. The highest BCUT2D eigenvalue weighted by atomic mass is 32.2. The average Bonchev–Trinajstić information content (AvgIpc) is 2.98. The number of nitrogens with one attached hydrogen (secondary N) is 1. The van der Waals surface area contributed by atoms with Gasteiger partial charge in [-0.3, -0.25) is 4.79 Å². The van der Waals surface area contributed by atoms with Gasteiger partial charge in [0.15, 0.2) is 0 Å². The maximum absolute atomic E-state index is 12.3. The molecule has 1 aromatic rings. The van der Waals surface area contributed by atoms with Crippen LogP contribution in [0.15, 0.2) is 16.3 Å². The van der Waals surface area contributed by atoms with Crippen LogP contribution in [0.3, 0.4) is 0 Å². The summed E-state index contributed by atoms with van der Waals surface area (Å²) < 4.78 is 27.5. The summed E-state index contributed by atoms with van der Waals surface area (Å²) in [6.45, 7) is 3.58. The molecule has 7 heteroatoms. The summed E-state index contributed by atoms with van der Waals surface area (Å²) in [4.78, 5) is 12.4. The first-order valence-electron chi connectivity index (χ1n) is 6.64. The first-order chi connectivity index (χ1) is 9.29. The van der Waals surface area contributed by atoms with Gasteiger partial charge in [0.25, 0.3) is 0 Å². The Hall–Kier alpha value is -0.920. The summed E-state index contributed by atoms with van der Waals surface area (Å²) in [5.74, 6) is -0.942. The fourth-order valence-electron chi connectivity index (χ4n) is 2.55. The molecule has 0 aliphatic heterocycles. The second-order valence-corrected chi connectivity index (χ2v) is 8.47. The molecule has 1 heterocycles. The van der Waals surface area contributed by atoms with Crippen molar-refractivity contribution in [2.75, 3.05) is 0 Å². The fourth-order valence-corrected chi connectivity index (χ4v) is 5.24. The lowest BCUT2D eigenvalue weighted by Gasteiger charge is -2.27. The summed E-state index contributed by atoms with van der Waals surface area (Å²) in [5.41, 5.74) is -1.02. The number of hydrogen-bond acceptors (Lipinski definition) is 4. The van der Waals surface area contributed by atoms with Crippen molar-refractivity contribution in [2.45, 2.75) is 49.8 Å². The smallest absolute Gasteiger partial charge is 0.310 e. The van der Waals surface area contributed by atoms with Crippen LogP contribution in [0.4, 0.5) is 0 Å². The molecule has 1 fully saturated rings. The molecular formula is C13H19NO4S2. The van der Waals surface area contributed by atoms with Crippen LogP contribution in [0.2, 0.25) is 0 Å². The van der Waals surface area contributed by atoms with Crippen molar-refractivity contribution < 1.29 is 18.3 Å². The molecule has 5 nitrogen and oxygen atoms in total. The molecule has 1 saturated carbocycles. The highest BCUT2D eigenvalue weighted by Gasteiger charge is 2.47. The number of thiophene rings is 1. The van der Waals surface area contributed by atoms with Crippen LogP contribution in [0.1, 0.15) is 38.0 Å². The number of sulfonamides is 1.